The lowest BCUT2D eigenvalue weighted by atomic mass is 16.0. The van der Waals surface area contributed by atoms with Crippen LogP contribution in [0.3, 0.4) is 0 Å². The molecule has 0 aliphatic heterocycles. The predicted octanol–water partition coefficient (Wildman–Crippen LogP) is 2.26. The molecule has 0 aromatic heterocycles. The molecule has 0 radical (unpaired) electrons. The molecule has 2 atom stereocenters. The molecule has 0 aromatic rings. The van der Waals surface area contributed by atoms with Gasteiger partial charge in [-0.25, -0.2) is 0 Å². The van der Waals surface area contributed by atoms with Crippen molar-refractivity contribution in [2.45, 2.75) is 0 Å². The summed E-state index contributed by atoms with van der Waals surface area (Å²) >= 11 is 0. The van der Waals surface area contributed by atoms with Gasteiger partial charge in [0.15, 0.2) is 8.15 Å². The lowest BCUT2D eigenvalue weighted by Gasteiger charge is -1.77. The van der Waals surface area contributed by atoms with E-state index in [0.29, 0.717) is 0 Å². The van der Waals surface area contributed by atoms with Crippen molar-refractivity contribution in [2.24, 2.45) is 0 Å². The maximum atomic E-state index is 9.59. The Morgan fingerprint density at radius 2 is 1.80 bits per heavy atom. The smallest absolute Gasteiger partial charge is 0.189 e. The van der Waals surface area contributed by atoms with Crippen LogP contribution in [0.15, 0.2) is 0 Å². The molecule has 0 heterocycles. The Labute approximate surface area is 38.3 Å². The Hall–Kier alpha value is 1.39. The summed E-state index contributed by atoms with van der Waals surface area (Å²) in [7, 11) is 5.11. The summed E-state index contributed by atoms with van der Waals surface area (Å²) < 4.78 is 9.59. The van der Waals surface area contributed by atoms with Crippen molar-refractivity contribution in [3.05, 3.63) is 0 Å². The molecule has 30 valence electrons. The molecule has 0 saturated carbocycles. The van der Waals surface area contributed by atoms with Gasteiger partial charge in [-0.05, 0) is 0 Å². The standard InChI is InChI=1S/H4OP4/c1-4-5(2)3/h2-3H2. The molecule has 0 fully saturated rings. The molecule has 0 aromatic carbocycles. The van der Waals surface area contributed by atoms with Gasteiger partial charge in [0.25, 0.3) is 0 Å². The fourth-order valence-corrected chi connectivity index (χ4v) is 0. The quantitative estimate of drug-likeness (QED) is 0.515. The van der Waals surface area contributed by atoms with E-state index < -0.39 is 0 Å². The first-order valence-electron chi connectivity index (χ1n) is 0.899. The highest BCUT2D eigenvalue weighted by Gasteiger charge is 1.81. The number of hydrogen-bond acceptors (Lipinski definition) is 1. The summed E-state index contributed by atoms with van der Waals surface area (Å²) in [4.78, 5) is 0. The van der Waals surface area contributed by atoms with E-state index in [1.165, 1.54) is 0 Å². The van der Waals surface area contributed by atoms with Gasteiger partial charge in [0.05, 0.1) is 0 Å². The average Bonchev–Trinajstić information content (AvgIpc) is 1.38. The minimum absolute atomic E-state index is 0.238. The van der Waals surface area contributed by atoms with Crippen LogP contribution in [0.2, 0.25) is 0 Å². The molecule has 0 saturated heterocycles. The molecule has 5 heavy (non-hydrogen) atoms. The van der Waals surface area contributed by atoms with Crippen LogP contribution in [0.1, 0.15) is 0 Å². The van der Waals surface area contributed by atoms with Gasteiger partial charge in [-0.2, -0.15) is 0 Å². The molecule has 5 heteroatoms. The first-order valence-corrected chi connectivity index (χ1v) is 7.00. The Kier molecular flexibility index (Phi) is 4.57. The van der Waals surface area contributed by atoms with E-state index in [9.17, 15) is 4.57 Å². The molecule has 0 amide bonds. The van der Waals surface area contributed by atoms with Crippen LogP contribution >= 0.6 is 33.0 Å². The summed E-state index contributed by atoms with van der Waals surface area (Å²) in [6, 6.07) is 0. The second kappa shape index (κ2) is 3.58. The lowest BCUT2D eigenvalue weighted by molar-refractivity contribution is 0.605. The summed E-state index contributed by atoms with van der Waals surface area (Å²) in [5, 5.41) is 0. The average molecular weight is 144 g/mol. The summed E-state index contributed by atoms with van der Waals surface area (Å²) in [6.45, 7) is -0.348. The Morgan fingerprint density at radius 3 is 1.80 bits per heavy atom. The summed E-state index contributed by atoms with van der Waals surface area (Å²) in [5.74, 6) is 0. The molecule has 0 N–H and O–H groups in total. The fraction of sp³-hybridized carbons (Fsp3) is 0. The third kappa shape index (κ3) is 5.39. The lowest BCUT2D eigenvalue weighted by Crippen LogP contribution is -0.994. The van der Waals surface area contributed by atoms with Gasteiger partial charge in [-0.15, -0.1) is 0 Å². The van der Waals surface area contributed by atoms with Crippen molar-refractivity contribution < 1.29 is 4.57 Å². The number of hydrogen-bond donors (Lipinski definition) is 0. The van der Waals surface area contributed by atoms with E-state index in [1.54, 1.807) is 0 Å². The number of rotatable bonds is 1. The highest BCUT2D eigenvalue weighted by atomic mass is 32.7. The van der Waals surface area contributed by atoms with Gasteiger partial charge in [-0.1, -0.05) is 17.9 Å². The zero-order valence-corrected chi connectivity index (χ0v) is 6.56. The molecule has 0 rings (SSSR count). The molecular formula is H4OP4. The maximum absolute atomic E-state index is 9.59. The molecule has 1 nitrogen and oxygen atoms in total. The second-order valence-corrected chi connectivity index (χ2v) is 11.0. The minimum Gasteiger partial charge on any atom is -0.269 e. The van der Waals surface area contributed by atoms with Crippen LogP contribution in [0.5, 0.6) is 0 Å². The van der Waals surface area contributed by atoms with Crippen LogP contribution in [0.25, 0.3) is 0 Å². The second-order valence-electron chi connectivity index (χ2n) is 0.462. The van der Waals surface area contributed by atoms with Crippen LogP contribution in [-0.4, -0.2) is 0 Å². The van der Waals surface area contributed by atoms with Crippen molar-refractivity contribution in [1.82, 2.24) is 0 Å². The van der Waals surface area contributed by atoms with Crippen molar-refractivity contribution in [2.75, 3.05) is 0 Å². The van der Waals surface area contributed by atoms with Gasteiger partial charge in [0.2, 0.25) is 0 Å². The van der Waals surface area contributed by atoms with Gasteiger partial charge >= 0.3 is 0 Å². The highest BCUT2D eigenvalue weighted by Crippen LogP contribution is 2.63. The molecule has 0 aliphatic carbocycles. The Balaban J connectivity index is 2.83. The molecule has 2 unspecified atom stereocenters. The summed E-state index contributed by atoms with van der Waals surface area (Å²) in [6.07, 6.45) is 0. The van der Waals surface area contributed by atoms with Crippen LogP contribution < -0.4 is 0 Å². The van der Waals surface area contributed by atoms with Crippen molar-refractivity contribution in [3.8, 4) is 0 Å². The van der Waals surface area contributed by atoms with Gasteiger partial charge in [0.1, 0.15) is 0 Å². The van der Waals surface area contributed by atoms with Gasteiger partial charge < -0.3 is 0 Å². The first kappa shape index (κ1) is 6.39. The zero-order valence-electron chi connectivity index (χ0n) is 2.46. The van der Waals surface area contributed by atoms with Crippen molar-refractivity contribution in [3.63, 3.8) is 0 Å². The largest absolute Gasteiger partial charge is 0.269 e. The van der Waals surface area contributed by atoms with Crippen molar-refractivity contribution in [1.29, 1.82) is 0 Å². The summed E-state index contributed by atoms with van der Waals surface area (Å²) in [5.41, 5.74) is 0. The maximum Gasteiger partial charge on any atom is 0.189 e. The third-order valence-corrected chi connectivity index (χ3v) is 2.55. The molecule has 0 bridgehead atoms. The molecule has 0 aliphatic rings. The van der Waals surface area contributed by atoms with Gasteiger partial charge in [-0.3, -0.25) is 4.57 Å². The predicted molar refractivity (Wildman–Crippen MR) is 33.9 cm³/mol. The first-order chi connectivity index (χ1) is 2.27. The van der Waals surface area contributed by atoms with Crippen LogP contribution in [0.4, 0.5) is 0 Å². The topological polar surface area (TPSA) is 17.1 Å². The Bertz CT molecular complexity index is 30.6. The van der Waals surface area contributed by atoms with Crippen molar-refractivity contribution >= 4 is 33.0 Å². The zero-order chi connectivity index (χ0) is 4.28. The SMILES string of the molecule is O=PP(P)P. The van der Waals surface area contributed by atoms with E-state index in [-0.39, 0.29) is 15.1 Å². The normalized spacial score (nSPS) is 10.2. The monoisotopic (exact) mass is 144 g/mol. The Morgan fingerprint density at radius 1 is 1.60 bits per heavy atom. The molecular weight excluding hydrogens is 140 g/mol. The van der Waals surface area contributed by atoms with E-state index in [4.69, 9.17) is 0 Å². The van der Waals surface area contributed by atoms with E-state index in [2.05, 4.69) is 17.9 Å². The molecule has 0 spiro atoms. The fourth-order valence-electron chi connectivity index (χ4n) is 0. The van der Waals surface area contributed by atoms with E-state index >= 15 is 0 Å². The van der Waals surface area contributed by atoms with E-state index in [1.807, 2.05) is 0 Å². The van der Waals surface area contributed by atoms with E-state index in [0.717, 1.165) is 0 Å². The minimum atomic E-state index is -0.348. The van der Waals surface area contributed by atoms with Crippen LogP contribution in [0, 0.1) is 0 Å². The third-order valence-electron chi connectivity index (χ3n) is 0.0943. The van der Waals surface area contributed by atoms with Gasteiger partial charge in [0, 0.05) is 6.99 Å². The van der Waals surface area contributed by atoms with Crippen LogP contribution in [-0.2, 0) is 4.57 Å². The highest BCUT2D eigenvalue weighted by molar-refractivity contribution is 8.66.